The highest BCUT2D eigenvalue weighted by molar-refractivity contribution is 9.10. The van der Waals surface area contributed by atoms with Crippen LogP contribution in [0.5, 0.6) is 0 Å². The molecule has 0 aliphatic heterocycles. The van der Waals surface area contributed by atoms with Crippen LogP contribution in [0.3, 0.4) is 0 Å². The van der Waals surface area contributed by atoms with Gasteiger partial charge < -0.3 is 11.1 Å². The summed E-state index contributed by atoms with van der Waals surface area (Å²) in [6.07, 6.45) is 1.35. The SMILES string of the molecule is CCC(CC)(CN)C(=O)Nc1cc(Br)c(F)cc1C. The van der Waals surface area contributed by atoms with E-state index in [9.17, 15) is 9.18 Å². The van der Waals surface area contributed by atoms with E-state index in [2.05, 4.69) is 21.2 Å². The van der Waals surface area contributed by atoms with E-state index in [0.29, 0.717) is 35.1 Å². The highest BCUT2D eigenvalue weighted by atomic mass is 79.9. The molecule has 0 saturated carbocycles. The Kier molecular flexibility index (Phi) is 5.50. The molecular formula is C14H20BrFN2O. The average Bonchev–Trinajstić information content (AvgIpc) is 2.38. The van der Waals surface area contributed by atoms with Crippen molar-refractivity contribution in [1.29, 1.82) is 0 Å². The molecule has 5 heteroatoms. The smallest absolute Gasteiger partial charge is 0.231 e. The molecule has 0 spiro atoms. The number of nitrogens with one attached hydrogen (secondary N) is 1. The zero-order valence-electron chi connectivity index (χ0n) is 11.5. The number of aryl methyl sites for hydroxylation is 1. The predicted molar refractivity (Wildman–Crippen MR) is 79.5 cm³/mol. The van der Waals surface area contributed by atoms with Crippen molar-refractivity contribution in [3.63, 3.8) is 0 Å². The summed E-state index contributed by atoms with van der Waals surface area (Å²) in [6, 6.07) is 2.97. The molecule has 1 aromatic rings. The maximum Gasteiger partial charge on any atom is 0.231 e. The van der Waals surface area contributed by atoms with Crippen LogP contribution in [-0.2, 0) is 4.79 Å². The number of amides is 1. The van der Waals surface area contributed by atoms with Gasteiger partial charge in [-0.2, -0.15) is 0 Å². The normalized spacial score (nSPS) is 11.5. The lowest BCUT2D eigenvalue weighted by Gasteiger charge is -2.28. The van der Waals surface area contributed by atoms with E-state index in [1.54, 1.807) is 13.0 Å². The van der Waals surface area contributed by atoms with E-state index in [4.69, 9.17) is 5.73 Å². The Morgan fingerprint density at radius 3 is 2.47 bits per heavy atom. The third kappa shape index (κ3) is 3.34. The van der Waals surface area contributed by atoms with Crippen molar-refractivity contribution >= 4 is 27.5 Å². The second kappa shape index (κ2) is 6.48. The monoisotopic (exact) mass is 330 g/mol. The molecule has 1 amide bonds. The summed E-state index contributed by atoms with van der Waals surface area (Å²) in [6.45, 7) is 5.95. The lowest BCUT2D eigenvalue weighted by Crippen LogP contribution is -2.41. The number of benzene rings is 1. The summed E-state index contributed by atoms with van der Waals surface area (Å²) in [5.74, 6) is -0.451. The number of carbonyl (C=O) groups excluding carboxylic acids is 1. The van der Waals surface area contributed by atoms with E-state index < -0.39 is 5.41 Å². The van der Waals surface area contributed by atoms with Crippen LogP contribution in [0.1, 0.15) is 32.3 Å². The Balaban J connectivity index is 3.02. The average molecular weight is 331 g/mol. The summed E-state index contributed by atoms with van der Waals surface area (Å²) in [5.41, 5.74) is 6.48. The van der Waals surface area contributed by atoms with Gasteiger partial charge in [0, 0.05) is 12.2 Å². The minimum atomic E-state index is -0.562. The van der Waals surface area contributed by atoms with Gasteiger partial charge in [-0.1, -0.05) is 13.8 Å². The molecule has 0 radical (unpaired) electrons. The lowest BCUT2D eigenvalue weighted by molar-refractivity contribution is -0.125. The van der Waals surface area contributed by atoms with Gasteiger partial charge in [-0.05, 0) is 53.4 Å². The standard InChI is InChI=1S/C14H20BrFN2O/c1-4-14(5-2,8-17)13(19)18-12-7-10(15)11(16)6-9(12)3/h6-7H,4-5,8,17H2,1-3H3,(H,18,19). The van der Waals surface area contributed by atoms with Gasteiger partial charge in [0.25, 0.3) is 0 Å². The quantitative estimate of drug-likeness (QED) is 0.866. The van der Waals surface area contributed by atoms with Crippen molar-refractivity contribution in [3.05, 3.63) is 28.0 Å². The summed E-state index contributed by atoms with van der Waals surface area (Å²) >= 11 is 3.12. The van der Waals surface area contributed by atoms with Crippen LogP contribution in [0.2, 0.25) is 0 Å². The number of hydrogen-bond donors (Lipinski definition) is 2. The molecule has 0 atom stereocenters. The molecule has 0 unspecified atom stereocenters. The van der Waals surface area contributed by atoms with E-state index in [-0.39, 0.29) is 11.7 Å². The zero-order chi connectivity index (χ0) is 14.6. The number of anilines is 1. The minimum Gasteiger partial charge on any atom is -0.329 e. The van der Waals surface area contributed by atoms with Gasteiger partial charge in [0.05, 0.1) is 9.89 Å². The van der Waals surface area contributed by atoms with Crippen molar-refractivity contribution in [3.8, 4) is 0 Å². The predicted octanol–water partition coefficient (Wildman–Crippen LogP) is 3.60. The van der Waals surface area contributed by atoms with Gasteiger partial charge in [0.2, 0.25) is 5.91 Å². The van der Waals surface area contributed by atoms with Crippen molar-refractivity contribution in [2.24, 2.45) is 11.1 Å². The maximum atomic E-state index is 13.3. The number of rotatable bonds is 5. The topological polar surface area (TPSA) is 55.1 Å². The van der Waals surface area contributed by atoms with Gasteiger partial charge in [0.15, 0.2) is 0 Å². The maximum absolute atomic E-state index is 13.3. The number of hydrogen-bond acceptors (Lipinski definition) is 2. The summed E-state index contributed by atoms with van der Waals surface area (Å²) in [5, 5.41) is 2.86. The molecule has 0 saturated heterocycles. The number of carbonyl (C=O) groups is 1. The van der Waals surface area contributed by atoms with Gasteiger partial charge in [-0.25, -0.2) is 4.39 Å². The summed E-state index contributed by atoms with van der Waals surface area (Å²) < 4.78 is 13.7. The van der Waals surface area contributed by atoms with Gasteiger partial charge in [-0.15, -0.1) is 0 Å². The zero-order valence-corrected chi connectivity index (χ0v) is 13.1. The fourth-order valence-electron chi connectivity index (χ4n) is 1.99. The van der Waals surface area contributed by atoms with Crippen molar-refractivity contribution in [2.45, 2.75) is 33.6 Å². The molecule has 0 aromatic heterocycles. The molecule has 0 aliphatic carbocycles. The van der Waals surface area contributed by atoms with Crippen LogP contribution in [0, 0.1) is 18.2 Å². The second-order valence-electron chi connectivity index (χ2n) is 4.73. The van der Waals surface area contributed by atoms with Crippen LogP contribution in [0.15, 0.2) is 16.6 Å². The summed E-state index contributed by atoms with van der Waals surface area (Å²) in [4.78, 5) is 12.4. The third-order valence-electron chi connectivity index (χ3n) is 3.74. The molecule has 3 nitrogen and oxygen atoms in total. The van der Waals surface area contributed by atoms with Crippen LogP contribution in [0.25, 0.3) is 0 Å². The highest BCUT2D eigenvalue weighted by Gasteiger charge is 2.33. The molecule has 19 heavy (non-hydrogen) atoms. The highest BCUT2D eigenvalue weighted by Crippen LogP contribution is 2.29. The van der Waals surface area contributed by atoms with Crippen LogP contribution < -0.4 is 11.1 Å². The van der Waals surface area contributed by atoms with E-state index in [1.165, 1.54) is 6.07 Å². The van der Waals surface area contributed by atoms with Gasteiger partial charge in [-0.3, -0.25) is 4.79 Å². The third-order valence-corrected chi connectivity index (χ3v) is 4.35. The number of halogens is 2. The molecule has 0 aliphatic rings. The Labute approximate surface area is 121 Å². The molecule has 0 fully saturated rings. The van der Waals surface area contributed by atoms with Crippen molar-refractivity contribution < 1.29 is 9.18 Å². The first-order chi connectivity index (χ1) is 8.90. The Morgan fingerprint density at radius 1 is 1.42 bits per heavy atom. The first kappa shape index (κ1) is 16.1. The summed E-state index contributed by atoms with van der Waals surface area (Å²) in [7, 11) is 0. The molecule has 0 bridgehead atoms. The molecule has 1 aromatic carbocycles. The Morgan fingerprint density at radius 2 is 2.00 bits per heavy atom. The second-order valence-corrected chi connectivity index (χ2v) is 5.58. The Hall–Kier alpha value is -0.940. The molecular weight excluding hydrogens is 311 g/mol. The molecule has 0 heterocycles. The van der Waals surface area contributed by atoms with E-state index in [1.807, 2.05) is 13.8 Å². The lowest BCUT2D eigenvalue weighted by atomic mass is 9.81. The molecule has 3 N–H and O–H groups in total. The van der Waals surface area contributed by atoms with Crippen LogP contribution >= 0.6 is 15.9 Å². The van der Waals surface area contributed by atoms with E-state index in [0.717, 1.165) is 0 Å². The number of nitrogens with two attached hydrogens (primary N) is 1. The fourth-order valence-corrected chi connectivity index (χ4v) is 2.33. The van der Waals surface area contributed by atoms with Crippen LogP contribution in [-0.4, -0.2) is 12.5 Å². The Bertz CT molecular complexity index is 464. The molecule has 1 rings (SSSR count). The first-order valence-electron chi connectivity index (χ1n) is 6.37. The minimum absolute atomic E-state index is 0.110. The van der Waals surface area contributed by atoms with Gasteiger partial charge >= 0.3 is 0 Å². The fraction of sp³-hybridized carbons (Fsp3) is 0.500. The van der Waals surface area contributed by atoms with E-state index >= 15 is 0 Å². The first-order valence-corrected chi connectivity index (χ1v) is 7.16. The largest absolute Gasteiger partial charge is 0.329 e. The van der Waals surface area contributed by atoms with Gasteiger partial charge in [0.1, 0.15) is 5.82 Å². The molecule has 106 valence electrons. The van der Waals surface area contributed by atoms with Crippen LogP contribution in [0.4, 0.5) is 10.1 Å². The van der Waals surface area contributed by atoms with Crippen molar-refractivity contribution in [2.75, 3.05) is 11.9 Å². The van der Waals surface area contributed by atoms with Crippen molar-refractivity contribution in [1.82, 2.24) is 0 Å².